The number of aliphatic hydroxyl groups is 1. The highest BCUT2D eigenvalue weighted by molar-refractivity contribution is 6.22. The van der Waals surface area contributed by atoms with Crippen LogP contribution in [-0.4, -0.2) is 16.7 Å². The van der Waals surface area contributed by atoms with Gasteiger partial charge in [-0.2, -0.15) is 0 Å². The number of alkyl halides is 1. The molecule has 0 aliphatic carbocycles. The van der Waals surface area contributed by atoms with Crippen molar-refractivity contribution in [3.8, 4) is 0 Å². The Morgan fingerprint density at radius 1 is 1.67 bits per heavy atom. The van der Waals surface area contributed by atoms with Crippen molar-refractivity contribution in [3.63, 3.8) is 0 Å². The first-order valence-electron chi connectivity index (χ1n) is 3.12. The lowest BCUT2D eigenvalue weighted by atomic mass is 10.0. The van der Waals surface area contributed by atoms with E-state index < -0.39 is 5.06 Å². The summed E-state index contributed by atoms with van der Waals surface area (Å²) in [5, 5.41) is 8.17. The average molecular weight is 152 g/mol. The van der Waals surface area contributed by atoms with Crippen molar-refractivity contribution in [2.24, 2.45) is 11.7 Å². The Morgan fingerprint density at radius 2 is 2.11 bits per heavy atom. The first-order chi connectivity index (χ1) is 4.00. The van der Waals surface area contributed by atoms with Gasteiger partial charge in [0.1, 0.15) is 5.06 Å². The summed E-state index contributed by atoms with van der Waals surface area (Å²) in [6, 6.07) is 0. The highest BCUT2D eigenvalue weighted by Crippen LogP contribution is 2.24. The molecule has 0 amide bonds. The smallest absolute Gasteiger partial charge is 0.142 e. The molecule has 2 nitrogen and oxygen atoms in total. The normalized spacial score (nSPS) is 18.0. The van der Waals surface area contributed by atoms with E-state index in [2.05, 4.69) is 0 Å². The summed E-state index contributed by atoms with van der Waals surface area (Å²) in [4.78, 5) is 0. The Labute approximate surface area is 61.0 Å². The van der Waals surface area contributed by atoms with E-state index >= 15 is 0 Å². The van der Waals surface area contributed by atoms with E-state index in [1.165, 1.54) is 0 Å². The van der Waals surface area contributed by atoms with Crippen molar-refractivity contribution in [1.29, 1.82) is 0 Å². The van der Waals surface area contributed by atoms with E-state index in [4.69, 9.17) is 17.3 Å². The van der Waals surface area contributed by atoms with Crippen LogP contribution in [-0.2, 0) is 0 Å². The summed E-state index contributed by atoms with van der Waals surface area (Å²) in [5.41, 5.74) is 5.21. The molecule has 0 radical (unpaired) electrons. The minimum atomic E-state index is -1.10. The van der Waals surface area contributed by atoms with Gasteiger partial charge >= 0.3 is 0 Å². The number of halogens is 1. The molecule has 9 heavy (non-hydrogen) atoms. The minimum absolute atomic E-state index is 0.0581. The molecule has 0 spiro atoms. The third-order valence-electron chi connectivity index (χ3n) is 1.38. The minimum Gasteiger partial charge on any atom is -0.375 e. The van der Waals surface area contributed by atoms with Crippen LogP contribution in [0.2, 0.25) is 0 Å². The summed E-state index contributed by atoms with van der Waals surface area (Å²) in [6.07, 6.45) is 0.451. The van der Waals surface area contributed by atoms with E-state index in [0.29, 0.717) is 13.0 Å². The maximum atomic E-state index is 9.28. The Hall–Kier alpha value is 0.210. The van der Waals surface area contributed by atoms with Crippen molar-refractivity contribution in [1.82, 2.24) is 0 Å². The second-order valence-corrected chi connectivity index (χ2v) is 3.17. The molecule has 0 aromatic carbocycles. The monoisotopic (exact) mass is 151 g/mol. The van der Waals surface area contributed by atoms with Crippen LogP contribution in [0.5, 0.6) is 0 Å². The predicted molar refractivity (Wildman–Crippen MR) is 39.3 cm³/mol. The Bertz CT molecular complexity index is 83.1. The van der Waals surface area contributed by atoms with Gasteiger partial charge in [0.15, 0.2) is 0 Å². The van der Waals surface area contributed by atoms with E-state index in [1.54, 1.807) is 0 Å². The summed E-state index contributed by atoms with van der Waals surface area (Å²) in [7, 11) is 0. The van der Waals surface area contributed by atoms with Crippen LogP contribution in [0.4, 0.5) is 0 Å². The molecular weight excluding hydrogens is 138 g/mol. The Balaban J connectivity index is 3.70. The van der Waals surface area contributed by atoms with Crippen LogP contribution >= 0.6 is 11.6 Å². The van der Waals surface area contributed by atoms with Crippen LogP contribution in [0.25, 0.3) is 0 Å². The summed E-state index contributed by atoms with van der Waals surface area (Å²) in [5.74, 6) is 0.0581. The third kappa shape index (κ3) is 3.04. The number of hydrogen-bond acceptors (Lipinski definition) is 2. The Morgan fingerprint density at radius 3 is 2.22 bits per heavy atom. The van der Waals surface area contributed by atoms with Gasteiger partial charge in [0.25, 0.3) is 0 Å². The molecule has 0 rings (SSSR count). The van der Waals surface area contributed by atoms with Crippen molar-refractivity contribution in [2.45, 2.75) is 25.3 Å². The molecule has 0 aromatic rings. The van der Waals surface area contributed by atoms with E-state index in [1.807, 2.05) is 13.8 Å². The summed E-state index contributed by atoms with van der Waals surface area (Å²) >= 11 is 5.65. The lowest BCUT2D eigenvalue weighted by molar-refractivity contribution is 0.0733. The summed E-state index contributed by atoms with van der Waals surface area (Å²) < 4.78 is 0. The van der Waals surface area contributed by atoms with Crippen LogP contribution in [0, 0.1) is 5.92 Å². The van der Waals surface area contributed by atoms with Crippen LogP contribution in [0.1, 0.15) is 20.3 Å². The predicted octanol–water partition coefficient (Wildman–Crippen LogP) is 0.919. The molecule has 0 aromatic heterocycles. The first-order valence-corrected chi connectivity index (χ1v) is 3.50. The van der Waals surface area contributed by atoms with Gasteiger partial charge in [0.2, 0.25) is 0 Å². The second-order valence-electron chi connectivity index (χ2n) is 2.51. The molecule has 1 atom stereocenters. The zero-order valence-corrected chi connectivity index (χ0v) is 6.65. The summed E-state index contributed by atoms with van der Waals surface area (Å²) in [6.45, 7) is 4.16. The molecule has 56 valence electrons. The lowest BCUT2D eigenvalue weighted by Crippen LogP contribution is -2.30. The second kappa shape index (κ2) is 3.40. The average Bonchev–Trinajstić information content (AvgIpc) is 1.65. The Kier molecular flexibility index (Phi) is 3.48. The first kappa shape index (κ1) is 9.21. The van der Waals surface area contributed by atoms with Crippen LogP contribution in [0.15, 0.2) is 0 Å². The van der Waals surface area contributed by atoms with Gasteiger partial charge in [0.05, 0.1) is 0 Å². The molecule has 0 aliphatic rings. The largest absolute Gasteiger partial charge is 0.375 e. The van der Waals surface area contributed by atoms with Crippen molar-refractivity contribution in [3.05, 3.63) is 0 Å². The zero-order chi connectivity index (χ0) is 7.49. The fraction of sp³-hybridized carbons (Fsp3) is 1.00. The van der Waals surface area contributed by atoms with Gasteiger partial charge in [-0.25, -0.2) is 0 Å². The van der Waals surface area contributed by atoms with Crippen molar-refractivity contribution >= 4 is 11.6 Å². The number of nitrogens with two attached hydrogens (primary N) is 1. The SMILES string of the molecule is CC(C)[C@@](O)(Cl)CCN. The third-order valence-corrected chi connectivity index (χ3v) is 2.01. The topological polar surface area (TPSA) is 46.2 Å². The van der Waals surface area contributed by atoms with Gasteiger partial charge in [-0.05, 0) is 12.5 Å². The zero-order valence-electron chi connectivity index (χ0n) is 5.89. The fourth-order valence-corrected chi connectivity index (χ4v) is 0.600. The van der Waals surface area contributed by atoms with Gasteiger partial charge in [0, 0.05) is 6.42 Å². The van der Waals surface area contributed by atoms with Gasteiger partial charge < -0.3 is 10.8 Å². The van der Waals surface area contributed by atoms with Crippen LogP contribution in [0.3, 0.4) is 0 Å². The molecule has 0 aliphatic heterocycles. The van der Waals surface area contributed by atoms with E-state index in [9.17, 15) is 5.11 Å². The maximum absolute atomic E-state index is 9.28. The fourth-order valence-electron chi connectivity index (χ4n) is 0.491. The highest BCUT2D eigenvalue weighted by atomic mass is 35.5. The molecule has 0 saturated heterocycles. The highest BCUT2D eigenvalue weighted by Gasteiger charge is 2.26. The number of hydrogen-bond donors (Lipinski definition) is 2. The molecule has 3 N–H and O–H groups in total. The quantitative estimate of drug-likeness (QED) is 0.590. The number of rotatable bonds is 3. The molecular formula is C6H14ClNO. The molecule has 3 heteroatoms. The van der Waals surface area contributed by atoms with E-state index in [0.717, 1.165) is 0 Å². The molecule has 0 saturated carbocycles. The van der Waals surface area contributed by atoms with Gasteiger partial charge in [-0.15, -0.1) is 0 Å². The lowest BCUT2D eigenvalue weighted by Gasteiger charge is -2.23. The molecule has 0 unspecified atom stereocenters. The van der Waals surface area contributed by atoms with Crippen LogP contribution < -0.4 is 5.73 Å². The van der Waals surface area contributed by atoms with Crippen molar-refractivity contribution in [2.75, 3.05) is 6.54 Å². The molecule has 0 fully saturated rings. The van der Waals surface area contributed by atoms with Gasteiger partial charge in [-0.1, -0.05) is 25.4 Å². The van der Waals surface area contributed by atoms with E-state index in [-0.39, 0.29) is 5.92 Å². The molecule has 0 heterocycles. The van der Waals surface area contributed by atoms with Gasteiger partial charge in [-0.3, -0.25) is 0 Å². The maximum Gasteiger partial charge on any atom is 0.142 e. The molecule has 0 bridgehead atoms. The standard InChI is InChI=1S/C6H14ClNO/c1-5(2)6(7,9)3-4-8/h5,9H,3-4,8H2,1-2H3/t6-/m1/s1. The van der Waals surface area contributed by atoms with Crippen molar-refractivity contribution < 1.29 is 5.11 Å².